The molecule has 1 heterocycles. The van der Waals surface area contributed by atoms with Gasteiger partial charge in [-0.15, -0.1) is 0 Å². The van der Waals surface area contributed by atoms with Crippen molar-refractivity contribution in [2.24, 2.45) is 0 Å². The highest BCUT2D eigenvalue weighted by Crippen LogP contribution is 2.25. The van der Waals surface area contributed by atoms with Crippen LogP contribution in [0.2, 0.25) is 0 Å². The maximum Gasteiger partial charge on any atom is 0.279 e. The smallest absolute Gasteiger partial charge is 0.279 e. The minimum Gasteiger partial charge on any atom is -0.332 e. The second-order valence-electron chi connectivity index (χ2n) is 3.90. The minimum absolute atomic E-state index is 0.172. The van der Waals surface area contributed by atoms with Gasteiger partial charge in [0.1, 0.15) is 11.5 Å². The number of aryl methyl sites for hydroxylation is 1. The number of sulfonamides is 1. The number of H-pyrrole nitrogens is 1. The summed E-state index contributed by atoms with van der Waals surface area (Å²) in [6, 6.07) is 1.93. The Bertz CT molecular complexity index is 723. The van der Waals surface area contributed by atoms with E-state index in [1.54, 1.807) is 6.92 Å². The molecule has 1 aromatic heterocycles. The van der Waals surface area contributed by atoms with Gasteiger partial charge in [-0.3, -0.25) is 4.72 Å². The number of halogens is 3. The second kappa shape index (κ2) is 5.49. The van der Waals surface area contributed by atoms with E-state index in [4.69, 9.17) is 0 Å². The van der Waals surface area contributed by atoms with Crippen molar-refractivity contribution in [3.8, 4) is 0 Å². The molecule has 0 unspecified atom stereocenters. The summed E-state index contributed by atoms with van der Waals surface area (Å²) in [5.41, 5.74) is -0.735. The molecular weight excluding hydrogens is 356 g/mol. The quantitative estimate of drug-likeness (QED) is 0.874. The van der Waals surface area contributed by atoms with Crippen LogP contribution in [-0.4, -0.2) is 18.4 Å². The van der Waals surface area contributed by atoms with Gasteiger partial charge in [-0.05, 0) is 12.1 Å². The van der Waals surface area contributed by atoms with Crippen LogP contribution in [0.15, 0.2) is 27.8 Å². The average molecular weight is 366 g/mol. The van der Waals surface area contributed by atoms with Crippen LogP contribution in [0.3, 0.4) is 0 Å². The molecule has 0 spiro atoms. The van der Waals surface area contributed by atoms with Crippen molar-refractivity contribution in [1.29, 1.82) is 0 Å². The largest absolute Gasteiger partial charge is 0.332 e. The topological polar surface area (TPSA) is 74.8 Å². The van der Waals surface area contributed by atoms with Crippen molar-refractivity contribution >= 4 is 31.6 Å². The van der Waals surface area contributed by atoms with Gasteiger partial charge in [0.2, 0.25) is 0 Å². The summed E-state index contributed by atoms with van der Waals surface area (Å²) in [4.78, 5) is 6.39. The zero-order valence-corrected chi connectivity index (χ0v) is 12.6. The van der Waals surface area contributed by atoms with E-state index in [0.717, 1.165) is 18.3 Å². The van der Waals surface area contributed by atoms with Gasteiger partial charge >= 0.3 is 0 Å². The number of nitrogens with zero attached hydrogens (tertiary/aromatic N) is 1. The van der Waals surface area contributed by atoms with Crippen LogP contribution in [0.5, 0.6) is 0 Å². The molecule has 0 aliphatic carbocycles. The predicted molar refractivity (Wildman–Crippen MR) is 72.8 cm³/mol. The number of aromatic amines is 1. The Labute approximate surface area is 122 Å². The Balaban J connectivity index is 2.38. The predicted octanol–water partition coefficient (Wildman–Crippen LogP) is 2.81. The molecule has 2 aromatic rings. The summed E-state index contributed by atoms with van der Waals surface area (Å²) in [5.74, 6) is -1.58. The Morgan fingerprint density at radius 1 is 1.35 bits per heavy atom. The van der Waals surface area contributed by atoms with Gasteiger partial charge < -0.3 is 4.98 Å². The van der Waals surface area contributed by atoms with Crippen LogP contribution >= 0.6 is 15.9 Å². The molecule has 9 heteroatoms. The number of hydrogen-bond donors (Lipinski definition) is 2. The van der Waals surface area contributed by atoms with Gasteiger partial charge in [0.25, 0.3) is 10.0 Å². The monoisotopic (exact) mass is 365 g/mol. The van der Waals surface area contributed by atoms with Crippen LogP contribution in [0.4, 0.5) is 14.5 Å². The normalized spacial score (nSPS) is 11.6. The van der Waals surface area contributed by atoms with E-state index < -0.39 is 27.3 Å². The SMILES string of the molecule is CCc1ncc(S(=O)(=O)Nc2c(F)cc(Br)cc2F)[nH]1. The van der Waals surface area contributed by atoms with E-state index in [1.807, 2.05) is 4.72 Å². The van der Waals surface area contributed by atoms with Crippen LogP contribution in [0.1, 0.15) is 12.7 Å². The molecule has 2 rings (SSSR count). The average Bonchev–Trinajstić information content (AvgIpc) is 2.83. The first-order valence-electron chi connectivity index (χ1n) is 5.54. The Hall–Kier alpha value is -1.48. The fourth-order valence-electron chi connectivity index (χ4n) is 1.49. The van der Waals surface area contributed by atoms with Crippen LogP contribution in [-0.2, 0) is 16.4 Å². The third-order valence-corrected chi connectivity index (χ3v) is 4.19. The number of hydrogen-bond acceptors (Lipinski definition) is 3. The van der Waals surface area contributed by atoms with Gasteiger partial charge in [0.15, 0.2) is 16.7 Å². The molecule has 0 fully saturated rings. The maximum atomic E-state index is 13.6. The van der Waals surface area contributed by atoms with E-state index in [-0.39, 0.29) is 9.50 Å². The molecule has 0 aliphatic heterocycles. The molecular formula is C11H10BrF2N3O2S. The number of benzene rings is 1. The van der Waals surface area contributed by atoms with Gasteiger partial charge in [-0.25, -0.2) is 13.8 Å². The Morgan fingerprint density at radius 3 is 2.45 bits per heavy atom. The first kappa shape index (κ1) is 14.9. The van der Waals surface area contributed by atoms with E-state index in [9.17, 15) is 17.2 Å². The van der Waals surface area contributed by atoms with Gasteiger partial charge in [0.05, 0.1) is 6.20 Å². The summed E-state index contributed by atoms with van der Waals surface area (Å²) in [5, 5.41) is -0.254. The fraction of sp³-hybridized carbons (Fsp3) is 0.182. The summed E-state index contributed by atoms with van der Waals surface area (Å²) < 4.78 is 53.2. The molecule has 0 radical (unpaired) electrons. The molecule has 108 valence electrons. The van der Waals surface area contributed by atoms with Gasteiger partial charge in [-0.1, -0.05) is 22.9 Å². The van der Waals surface area contributed by atoms with E-state index in [2.05, 4.69) is 25.9 Å². The third kappa shape index (κ3) is 2.98. The standard InChI is InChI=1S/C11H10BrF2N3O2S/c1-2-9-15-5-10(16-9)20(18,19)17-11-7(13)3-6(12)4-8(11)14/h3-5,17H,2H2,1H3,(H,15,16). The van der Waals surface area contributed by atoms with Crippen molar-refractivity contribution in [3.05, 3.63) is 40.3 Å². The summed E-state index contributed by atoms with van der Waals surface area (Å²) in [7, 11) is -4.12. The second-order valence-corrected chi connectivity index (χ2v) is 6.46. The first-order chi connectivity index (χ1) is 9.33. The van der Waals surface area contributed by atoms with E-state index >= 15 is 0 Å². The molecule has 0 amide bonds. The van der Waals surface area contributed by atoms with Crippen molar-refractivity contribution in [2.75, 3.05) is 4.72 Å². The van der Waals surface area contributed by atoms with Crippen LogP contribution < -0.4 is 4.72 Å². The summed E-state index contributed by atoms with van der Waals surface area (Å²) >= 11 is 2.91. The van der Waals surface area contributed by atoms with Crippen molar-refractivity contribution in [3.63, 3.8) is 0 Å². The van der Waals surface area contributed by atoms with E-state index in [1.165, 1.54) is 0 Å². The van der Waals surface area contributed by atoms with Gasteiger partial charge in [-0.2, -0.15) is 8.42 Å². The molecule has 1 aromatic carbocycles. The molecule has 2 N–H and O–H groups in total. The van der Waals surface area contributed by atoms with Crippen molar-refractivity contribution < 1.29 is 17.2 Å². The molecule has 0 atom stereocenters. The minimum atomic E-state index is -4.12. The first-order valence-corrected chi connectivity index (χ1v) is 7.82. The number of imidazole rings is 1. The third-order valence-electron chi connectivity index (χ3n) is 2.47. The molecule has 0 saturated carbocycles. The molecule has 5 nitrogen and oxygen atoms in total. The highest BCUT2D eigenvalue weighted by molar-refractivity contribution is 9.10. The van der Waals surface area contributed by atoms with Crippen molar-refractivity contribution in [1.82, 2.24) is 9.97 Å². The number of rotatable bonds is 4. The lowest BCUT2D eigenvalue weighted by atomic mass is 10.3. The molecule has 20 heavy (non-hydrogen) atoms. The van der Waals surface area contributed by atoms with Crippen molar-refractivity contribution in [2.45, 2.75) is 18.4 Å². The highest BCUT2D eigenvalue weighted by atomic mass is 79.9. The number of anilines is 1. The molecule has 0 saturated heterocycles. The summed E-state index contributed by atoms with van der Waals surface area (Å²) in [6.45, 7) is 1.79. The lowest BCUT2D eigenvalue weighted by molar-refractivity contribution is 0.580. The Kier molecular flexibility index (Phi) is 4.09. The van der Waals surface area contributed by atoms with Crippen LogP contribution in [0, 0.1) is 11.6 Å². The lowest BCUT2D eigenvalue weighted by Gasteiger charge is -2.08. The van der Waals surface area contributed by atoms with E-state index in [0.29, 0.717) is 12.2 Å². The fourth-order valence-corrected chi connectivity index (χ4v) is 2.91. The Morgan fingerprint density at radius 2 is 1.95 bits per heavy atom. The zero-order valence-electron chi connectivity index (χ0n) is 10.2. The molecule has 0 aliphatic rings. The molecule has 0 bridgehead atoms. The summed E-state index contributed by atoms with van der Waals surface area (Å²) in [6.07, 6.45) is 1.60. The lowest BCUT2D eigenvalue weighted by Crippen LogP contribution is -2.15. The van der Waals surface area contributed by atoms with Crippen LogP contribution in [0.25, 0.3) is 0 Å². The maximum absolute atomic E-state index is 13.6. The van der Waals surface area contributed by atoms with Gasteiger partial charge in [0, 0.05) is 10.9 Å². The number of nitrogens with one attached hydrogen (secondary N) is 2. The number of aromatic nitrogens is 2. The zero-order chi connectivity index (χ0) is 14.9. The highest BCUT2D eigenvalue weighted by Gasteiger charge is 2.21.